The van der Waals surface area contributed by atoms with Crippen LogP contribution in [0, 0.1) is 5.92 Å². The molecule has 1 aliphatic heterocycles. The minimum absolute atomic E-state index is 0.0557. The van der Waals surface area contributed by atoms with Gasteiger partial charge in [-0.3, -0.25) is 4.79 Å². The first-order chi connectivity index (χ1) is 10.7. The normalized spacial score (nSPS) is 17.6. The molecule has 1 aliphatic rings. The molecule has 0 radical (unpaired) electrons. The van der Waals surface area contributed by atoms with Gasteiger partial charge in [-0.25, -0.2) is 4.68 Å². The van der Waals surface area contributed by atoms with E-state index in [-0.39, 0.29) is 5.91 Å². The third kappa shape index (κ3) is 3.48. The van der Waals surface area contributed by atoms with Crippen LogP contribution in [0.2, 0.25) is 0 Å². The van der Waals surface area contributed by atoms with Gasteiger partial charge in [0.1, 0.15) is 0 Å². The second-order valence-corrected chi connectivity index (χ2v) is 5.65. The first-order valence-electron chi connectivity index (χ1n) is 7.56. The molecule has 0 bridgehead atoms. The van der Waals surface area contributed by atoms with Gasteiger partial charge in [-0.1, -0.05) is 12.1 Å². The zero-order valence-corrected chi connectivity index (χ0v) is 12.6. The summed E-state index contributed by atoms with van der Waals surface area (Å²) < 4.78 is 1.61. The second kappa shape index (κ2) is 6.65. The lowest BCUT2D eigenvalue weighted by atomic mass is 10.0. The highest BCUT2D eigenvalue weighted by Gasteiger charge is 2.16. The van der Waals surface area contributed by atoms with Crippen LogP contribution in [0.3, 0.4) is 0 Å². The lowest BCUT2D eigenvalue weighted by Gasteiger charge is -2.09. The quantitative estimate of drug-likeness (QED) is 0.867. The van der Waals surface area contributed by atoms with Crippen LogP contribution in [-0.4, -0.2) is 39.2 Å². The molecule has 1 aromatic heterocycles. The number of hydrogen-bond acceptors (Lipinski definition) is 5. The average Bonchev–Trinajstić information content (AvgIpc) is 3.16. The number of amides is 1. The summed E-state index contributed by atoms with van der Waals surface area (Å²) in [5.41, 5.74) is 1.65. The van der Waals surface area contributed by atoms with Crippen molar-refractivity contribution in [2.75, 3.05) is 18.4 Å². The van der Waals surface area contributed by atoms with E-state index in [1.165, 1.54) is 6.42 Å². The SMILES string of the molecule is Cn1nnnc1-c1cccc(NC(=O)CCC2CCNC2)c1. The molecule has 2 aromatic rings. The second-order valence-electron chi connectivity index (χ2n) is 5.65. The molecule has 1 fully saturated rings. The monoisotopic (exact) mass is 300 g/mol. The Morgan fingerprint density at radius 3 is 3.14 bits per heavy atom. The van der Waals surface area contributed by atoms with Crippen LogP contribution in [0.5, 0.6) is 0 Å². The smallest absolute Gasteiger partial charge is 0.224 e. The van der Waals surface area contributed by atoms with E-state index in [9.17, 15) is 4.79 Å². The van der Waals surface area contributed by atoms with Crippen LogP contribution in [0.4, 0.5) is 5.69 Å². The lowest BCUT2D eigenvalue weighted by Crippen LogP contribution is -2.15. The van der Waals surface area contributed by atoms with Crippen molar-refractivity contribution in [3.05, 3.63) is 24.3 Å². The lowest BCUT2D eigenvalue weighted by molar-refractivity contribution is -0.116. The Balaban J connectivity index is 1.60. The first-order valence-corrected chi connectivity index (χ1v) is 7.56. The summed E-state index contributed by atoms with van der Waals surface area (Å²) in [6.45, 7) is 2.10. The predicted molar refractivity (Wildman–Crippen MR) is 83.1 cm³/mol. The van der Waals surface area contributed by atoms with Crippen molar-refractivity contribution in [3.63, 3.8) is 0 Å². The molecule has 7 heteroatoms. The summed E-state index contributed by atoms with van der Waals surface area (Å²) >= 11 is 0. The van der Waals surface area contributed by atoms with Crippen molar-refractivity contribution in [1.29, 1.82) is 0 Å². The molecule has 2 N–H and O–H groups in total. The van der Waals surface area contributed by atoms with Gasteiger partial charge in [-0.05, 0) is 54.4 Å². The number of carbonyl (C=O) groups is 1. The van der Waals surface area contributed by atoms with Crippen LogP contribution in [0.15, 0.2) is 24.3 Å². The molecule has 0 spiro atoms. The first kappa shape index (κ1) is 14.6. The maximum Gasteiger partial charge on any atom is 0.224 e. The molecule has 1 aromatic carbocycles. The fourth-order valence-electron chi connectivity index (χ4n) is 2.73. The van der Waals surface area contributed by atoms with Gasteiger partial charge in [0.25, 0.3) is 0 Å². The molecular formula is C15H20N6O. The van der Waals surface area contributed by atoms with Crippen molar-refractivity contribution in [1.82, 2.24) is 25.5 Å². The van der Waals surface area contributed by atoms with Gasteiger partial charge in [0.05, 0.1) is 0 Å². The Kier molecular flexibility index (Phi) is 4.43. The van der Waals surface area contributed by atoms with Crippen molar-refractivity contribution in [2.45, 2.75) is 19.3 Å². The van der Waals surface area contributed by atoms with Crippen molar-refractivity contribution in [2.24, 2.45) is 13.0 Å². The third-order valence-corrected chi connectivity index (χ3v) is 3.97. The minimum Gasteiger partial charge on any atom is -0.326 e. The van der Waals surface area contributed by atoms with Gasteiger partial charge in [0.2, 0.25) is 5.91 Å². The summed E-state index contributed by atoms with van der Waals surface area (Å²) in [5.74, 6) is 1.36. The maximum absolute atomic E-state index is 12.1. The van der Waals surface area contributed by atoms with Crippen LogP contribution >= 0.6 is 0 Å². The van der Waals surface area contributed by atoms with Gasteiger partial charge in [0.15, 0.2) is 5.82 Å². The summed E-state index contributed by atoms with van der Waals surface area (Å²) in [6.07, 6.45) is 2.66. The Morgan fingerprint density at radius 1 is 1.50 bits per heavy atom. The Morgan fingerprint density at radius 2 is 2.41 bits per heavy atom. The highest BCUT2D eigenvalue weighted by molar-refractivity contribution is 5.91. The number of carbonyl (C=O) groups excluding carboxylic acids is 1. The van der Waals surface area contributed by atoms with E-state index < -0.39 is 0 Å². The van der Waals surface area contributed by atoms with Gasteiger partial charge >= 0.3 is 0 Å². The zero-order valence-electron chi connectivity index (χ0n) is 12.6. The van der Waals surface area contributed by atoms with Crippen LogP contribution < -0.4 is 10.6 Å². The maximum atomic E-state index is 12.1. The van der Waals surface area contributed by atoms with Gasteiger partial charge in [-0.15, -0.1) is 5.10 Å². The zero-order chi connectivity index (χ0) is 15.4. The van der Waals surface area contributed by atoms with Crippen LogP contribution in [0.25, 0.3) is 11.4 Å². The molecule has 116 valence electrons. The number of hydrogen-bond donors (Lipinski definition) is 2. The summed E-state index contributed by atoms with van der Waals surface area (Å²) in [4.78, 5) is 12.1. The van der Waals surface area contributed by atoms with Crippen LogP contribution in [0.1, 0.15) is 19.3 Å². The van der Waals surface area contributed by atoms with E-state index in [1.807, 2.05) is 24.3 Å². The van der Waals surface area contributed by atoms with E-state index >= 15 is 0 Å². The Labute approximate surface area is 129 Å². The predicted octanol–water partition coefficient (Wildman–Crippen LogP) is 1.21. The molecule has 22 heavy (non-hydrogen) atoms. The fraction of sp³-hybridized carbons (Fsp3) is 0.467. The molecule has 1 unspecified atom stereocenters. The van der Waals surface area contributed by atoms with Crippen molar-refractivity contribution >= 4 is 11.6 Å². The largest absolute Gasteiger partial charge is 0.326 e. The Hall–Kier alpha value is -2.28. The number of anilines is 1. The van der Waals surface area contributed by atoms with Gasteiger partial charge in [0, 0.05) is 24.7 Å². The number of aryl methyl sites for hydroxylation is 1. The highest BCUT2D eigenvalue weighted by atomic mass is 16.1. The number of aromatic nitrogens is 4. The van der Waals surface area contributed by atoms with Crippen molar-refractivity contribution < 1.29 is 4.79 Å². The summed E-state index contributed by atoms with van der Waals surface area (Å²) in [5, 5.41) is 17.7. The molecule has 3 rings (SSSR count). The topological polar surface area (TPSA) is 84.7 Å². The van der Waals surface area contributed by atoms with E-state index in [2.05, 4.69) is 26.2 Å². The molecular weight excluding hydrogens is 280 g/mol. The molecule has 0 saturated carbocycles. The van der Waals surface area contributed by atoms with E-state index in [0.717, 1.165) is 30.8 Å². The van der Waals surface area contributed by atoms with E-state index in [4.69, 9.17) is 0 Å². The van der Waals surface area contributed by atoms with E-state index in [0.29, 0.717) is 18.2 Å². The van der Waals surface area contributed by atoms with Crippen LogP contribution in [-0.2, 0) is 11.8 Å². The minimum atomic E-state index is 0.0557. The highest BCUT2D eigenvalue weighted by Crippen LogP contribution is 2.20. The van der Waals surface area contributed by atoms with Gasteiger partial charge in [-0.2, -0.15) is 0 Å². The summed E-state index contributed by atoms with van der Waals surface area (Å²) in [6, 6.07) is 7.58. The molecule has 7 nitrogen and oxygen atoms in total. The molecule has 2 heterocycles. The standard InChI is InChI=1S/C15H20N6O/c1-21-15(18-19-20-21)12-3-2-4-13(9-12)17-14(22)6-5-11-7-8-16-10-11/h2-4,9,11,16H,5-8,10H2,1H3,(H,17,22). The molecule has 0 aliphatic carbocycles. The number of benzene rings is 1. The number of rotatable bonds is 5. The molecule has 1 amide bonds. The van der Waals surface area contributed by atoms with Gasteiger partial charge < -0.3 is 10.6 Å². The Bertz CT molecular complexity index is 647. The number of nitrogens with zero attached hydrogens (tertiary/aromatic N) is 4. The third-order valence-electron chi connectivity index (χ3n) is 3.97. The average molecular weight is 300 g/mol. The molecule has 1 atom stereocenters. The van der Waals surface area contributed by atoms with Crippen molar-refractivity contribution in [3.8, 4) is 11.4 Å². The fourth-order valence-corrected chi connectivity index (χ4v) is 2.73. The molecule has 1 saturated heterocycles. The van der Waals surface area contributed by atoms with E-state index in [1.54, 1.807) is 11.7 Å². The number of tetrazole rings is 1. The number of nitrogens with one attached hydrogen (secondary N) is 2. The summed E-state index contributed by atoms with van der Waals surface area (Å²) in [7, 11) is 1.79.